The van der Waals surface area contributed by atoms with E-state index in [-0.39, 0.29) is 0 Å². The number of hydrogen-bond acceptors (Lipinski definition) is 2. The summed E-state index contributed by atoms with van der Waals surface area (Å²) in [4.78, 5) is 10.7. The Labute approximate surface area is 90.0 Å². The molecule has 0 radical (unpaired) electrons. The molecule has 0 unspecified atom stereocenters. The molecule has 0 saturated heterocycles. The van der Waals surface area contributed by atoms with Crippen LogP contribution in [0.25, 0.3) is 0 Å². The Hall–Kier alpha value is -0.803. The molecule has 0 heterocycles. The summed E-state index contributed by atoms with van der Waals surface area (Å²) in [5.41, 5.74) is 0.553. The quantitative estimate of drug-likeness (QED) is 0.586. The van der Waals surface area contributed by atoms with Crippen LogP contribution in [0.4, 0.5) is 0 Å². The van der Waals surface area contributed by atoms with Gasteiger partial charge in [-0.3, -0.25) is 4.79 Å². The van der Waals surface area contributed by atoms with Gasteiger partial charge in [-0.1, -0.05) is 11.6 Å². The summed E-state index contributed by atoms with van der Waals surface area (Å²) in [6.45, 7) is 6.17. The van der Waals surface area contributed by atoms with Gasteiger partial charge in [-0.2, -0.15) is 0 Å². The summed E-state index contributed by atoms with van der Waals surface area (Å²) >= 11 is 5.82. The number of rotatable bonds is 3. The second-order valence-corrected chi connectivity index (χ2v) is 8.88. The first-order chi connectivity index (χ1) is 6.42. The van der Waals surface area contributed by atoms with E-state index in [1.165, 1.54) is 0 Å². The van der Waals surface area contributed by atoms with Crippen molar-refractivity contribution in [2.75, 3.05) is 0 Å². The Morgan fingerprint density at radius 1 is 1.36 bits per heavy atom. The van der Waals surface area contributed by atoms with Crippen molar-refractivity contribution in [3.8, 4) is 5.75 Å². The molecule has 1 aromatic carbocycles. The summed E-state index contributed by atoms with van der Waals surface area (Å²) in [6, 6.07) is 5.04. The molecule has 0 aliphatic heterocycles. The van der Waals surface area contributed by atoms with Crippen molar-refractivity contribution in [2.24, 2.45) is 0 Å². The van der Waals surface area contributed by atoms with Gasteiger partial charge in [0.2, 0.25) is 8.32 Å². The van der Waals surface area contributed by atoms with Gasteiger partial charge in [0, 0.05) is 5.02 Å². The third-order valence-electron chi connectivity index (χ3n) is 1.52. The summed E-state index contributed by atoms with van der Waals surface area (Å²) < 4.78 is 5.73. The van der Waals surface area contributed by atoms with Crippen LogP contribution >= 0.6 is 11.6 Å². The highest BCUT2D eigenvalue weighted by Crippen LogP contribution is 2.24. The SMILES string of the molecule is C[Si](C)(C)Oc1cc(Cl)ccc1C=O. The molecule has 0 aromatic heterocycles. The van der Waals surface area contributed by atoms with Crippen molar-refractivity contribution < 1.29 is 9.22 Å². The molecule has 2 nitrogen and oxygen atoms in total. The average Bonchev–Trinajstić information content (AvgIpc) is 2.01. The first-order valence-corrected chi connectivity index (χ1v) is 8.15. The topological polar surface area (TPSA) is 26.3 Å². The molecule has 0 bridgehead atoms. The maximum Gasteiger partial charge on any atom is 0.242 e. The summed E-state index contributed by atoms with van der Waals surface area (Å²) in [5, 5.41) is 0.587. The normalized spacial score (nSPS) is 11.1. The first kappa shape index (κ1) is 11.3. The predicted octanol–water partition coefficient (Wildman–Crippen LogP) is 3.37. The average molecular weight is 229 g/mol. The largest absolute Gasteiger partial charge is 0.544 e. The Balaban J connectivity index is 3.05. The van der Waals surface area contributed by atoms with Crippen LogP contribution in [0.2, 0.25) is 24.7 Å². The zero-order chi connectivity index (χ0) is 10.8. The van der Waals surface area contributed by atoms with Crippen LogP contribution in [-0.2, 0) is 0 Å². The van der Waals surface area contributed by atoms with Gasteiger partial charge in [0.1, 0.15) is 5.75 Å². The molecular formula is C10H13ClO2Si. The zero-order valence-corrected chi connectivity index (χ0v) is 10.3. The standard InChI is InChI=1S/C10H13ClO2Si/c1-14(2,3)13-10-6-9(11)5-4-8(10)7-12/h4-7H,1-3H3. The van der Waals surface area contributed by atoms with Crippen LogP contribution in [0.3, 0.4) is 0 Å². The van der Waals surface area contributed by atoms with Crippen LogP contribution in [-0.4, -0.2) is 14.6 Å². The number of halogens is 1. The molecule has 14 heavy (non-hydrogen) atoms. The van der Waals surface area contributed by atoms with Gasteiger partial charge in [0.05, 0.1) is 5.56 Å². The second-order valence-electron chi connectivity index (χ2n) is 4.01. The van der Waals surface area contributed by atoms with Gasteiger partial charge in [0.25, 0.3) is 0 Å². The van der Waals surface area contributed by atoms with Gasteiger partial charge in [-0.05, 0) is 37.8 Å². The lowest BCUT2D eigenvalue weighted by Gasteiger charge is -2.20. The second kappa shape index (κ2) is 4.15. The van der Waals surface area contributed by atoms with Crippen LogP contribution in [0, 0.1) is 0 Å². The predicted molar refractivity (Wildman–Crippen MR) is 60.8 cm³/mol. The fourth-order valence-corrected chi connectivity index (χ4v) is 2.02. The van der Waals surface area contributed by atoms with Crippen LogP contribution in [0.5, 0.6) is 5.75 Å². The lowest BCUT2D eigenvalue weighted by Crippen LogP contribution is -2.29. The molecule has 0 aliphatic carbocycles. The molecule has 4 heteroatoms. The fraction of sp³-hybridized carbons (Fsp3) is 0.300. The van der Waals surface area contributed by atoms with E-state index in [2.05, 4.69) is 19.6 Å². The van der Waals surface area contributed by atoms with E-state index in [0.29, 0.717) is 16.3 Å². The number of carbonyl (C=O) groups is 1. The first-order valence-electron chi connectivity index (χ1n) is 4.36. The van der Waals surface area contributed by atoms with Crippen molar-refractivity contribution in [1.82, 2.24) is 0 Å². The van der Waals surface area contributed by atoms with Gasteiger partial charge in [0.15, 0.2) is 6.29 Å². The molecule has 0 spiro atoms. The minimum atomic E-state index is -1.69. The number of benzene rings is 1. The molecule has 76 valence electrons. The van der Waals surface area contributed by atoms with Crippen molar-refractivity contribution in [2.45, 2.75) is 19.6 Å². The van der Waals surface area contributed by atoms with E-state index < -0.39 is 8.32 Å². The van der Waals surface area contributed by atoms with Crippen molar-refractivity contribution in [1.29, 1.82) is 0 Å². The third-order valence-corrected chi connectivity index (χ3v) is 2.59. The number of carbonyl (C=O) groups excluding carboxylic acids is 1. The summed E-state index contributed by atoms with van der Waals surface area (Å²) in [7, 11) is -1.69. The molecule has 1 rings (SSSR count). The van der Waals surface area contributed by atoms with Gasteiger partial charge >= 0.3 is 0 Å². The molecule has 0 aliphatic rings. The van der Waals surface area contributed by atoms with Gasteiger partial charge in [-0.15, -0.1) is 0 Å². The Morgan fingerprint density at radius 2 is 2.00 bits per heavy atom. The number of hydrogen-bond donors (Lipinski definition) is 0. The highest BCUT2D eigenvalue weighted by Gasteiger charge is 2.18. The molecule has 0 amide bonds. The van der Waals surface area contributed by atoms with Crippen LogP contribution < -0.4 is 4.43 Å². The van der Waals surface area contributed by atoms with E-state index in [9.17, 15) is 4.79 Å². The van der Waals surface area contributed by atoms with E-state index in [0.717, 1.165) is 6.29 Å². The maximum absolute atomic E-state index is 10.7. The summed E-state index contributed by atoms with van der Waals surface area (Å²) in [6.07, 6.45) is 0.784. The summed E-state index contributed by atoms with van der Waals surface area (Å²) in [5.74, 6) is 0.590. The monoisotopic (exact) mass is 228 g/mol. The molecule has 0 N–H and O–H groups in total. The van der Waals surface area contributed by atoms with Crippen molar-refractivity contribution >= 4 is 26.2 Å². The number of aldehydes is 1. The zero-order valence-electron chi connectivity index (χ0n) is 8.50. The van der Waals surface area contributed by atoms with Crippen molar-refractivity contribution in [3.05, 3.63) is 28.8 Å². The highest BCUT2D eigenvalue weighted by molar-refractivity contribution is 6.70. The Kier molecular flexibility index (Phi) is 3.34. The van der Waals surface area contributed by atoms with E-state index >= 15 is 0 Å². The molecule has 0 saturated carbocycles. The minimum Gasteiger partial charge on any atom is -0.544 e. The molecule has 1 aromatic rings. The maximum atomic E-state index is 10.7. The van der Waals surface area contributed by atoms with Crippen molar-refractivity contribution in [3.63, 3.8) is 0 Å². The van der Waals surface area contributed by atoms with E-state index in [1.807, 2.05) is 0 Å². The Morgan fingerprint density at radius 3 is 2.50 bits per heavy atom. The van der Waals surface area contributed by atoms with Crippen LogP contribution in [0.1, 0.15) is 10.4 Å². The van der Waals surface area contributed by atoms with E-state index in [1.54, 1.807) is 18.2 Å². The lowest BCUT2D eigenvalue weighted by atomic mass is 10.2. The van der Waals surface area contributed by atoms with Crippen LogP contribution in [0.15, 0.2) is 18.2 Å². The lowest BCUT2D eigenvalue weighted by molar-refractivity contribution is 0.112. The minimum absolute atomic E-state index is 0.553. The van der Waals surface area contributed by atoms with Gasteiger partial charge < -0.3 is 4.43 Å². The third kappa shape index (κ3) is 3.16. The smallest absolute Gasteiger partial charge is 0.242 e. The van der Waals surface area contributed by atoms with Gasteiger partial charge in [-0.25, -0.2) is 0 Å². The molecule has 0 atom stereocenters. The van der Waals surface area contributed by atoms with E-state index in [4.69, 9.17) is 16.0 Å². The highest BCUT2D eigenvalue weighted by atomic mass is 35.5. The fourth-order valence-electron chi connectivity index (χ4n) is 1.02. The molecule has 0 fully saturated rings. The molecular weight excluding hydrogens is 216 g/mol. The Bertz CT molecular complexity index is 344.